The van der Waals surface area contributed by atoms with Gasteiger partial charge in [0, 0.05) is 31.6 Å². The van der Waals surface area contributed by atoms with Crippen LogP contribution in [0.25, 0.3) is 11.1 Å². The molecule has 2 aromatic rings. The first kappa shape index (κ1) is 16.8. The number of aromatic nitrogens is 2. The Kier molecular flexibility index (Phi) is 5.08. The lowest BCUT2D eigenvalue weighted by molar-refractivity contribution is 0.0770. The second-order valence-electron chi connectivity index (χ2n) is 7.02. The van der Waals surface area contributed by atoms with Gasteiger partial charge in [-0.2, -0.15) is 5.10 Å². The second-order valence-corrected chi connectivity index (χ2v) is 12.6. The summed E-state index contributed by atoms with van der Waals surface area (Å²) in [4.78, 5) is 0. The molecule has 0 aliphatic rings. The highest BCUT2D eigenvalue weighted by Crippen LogP contribution is 2.27. The first-order valence-electron chi connectivity index (χ1n) is 7.75. The summed E-state index contributed by atoms with van der Waals surface area (Å²) in [7, 11) is -1.04. The molecule has 4 nitrogen and oxygen atoms in total. The molecule has 2 N–H and O–H groups in total. The van der Waals surface area contributed by atoms with Crippen molar-refractivity contribution in [2.75, 3.05) is 12.3 Å². The highest BCUT2D eigenvalue weighted by molar-refractivity contribution is 6.76. The van der Waals surface area contributed by atoms with Crippen LogP contribution in [0.5, 0.6) is 0 Å². The molecule has 5 heteroatoms. The van der Waals surface area contributed by atoms with Crippen LogP contribution in [-0.2, 0) is 11.5 Å². The Morgan fingerprint density at radius 3 is 2.36 bits per heavy atom. The molecule has 0 atom stereocenters. The van der Waals surface area contributed by atoms with E-state index in [1.54, 1.807) is 0 Å². The molecule has 1 heterocycles. The molecule has 0 aliphatic carbocycles. The zero-order chi connectivity index (χ0) is 16.3. The molecule has 2 rings (SSSR count). The van der Waals surface area contributed by atoms with Gasteiger partial charge in [-0.1, -0.05) is 31.8 Å². The molecule has 0 spiro atoms. The van der Waals surface area contributed by atoms with Crippen LogP contribution in [0.1, 0.15) is 11.4 Å². The summed E-state index contributed by atoms with van der Waals surface area (Å²) in [5.41, 5.74) is 11.0. The van der Waals surface area contributed by atoms with E-state index >= 15 is 0 Å². The van der Waals surface area contributed by atoms with Crippen LogP contribution in [0, 0.1) is 13.8 Å². The zero-order valence-corrected chi connectivity index (χ0v) is 15.3. The number of ether oxygens (including phenoxy) is 1. The van der Waals surface area contributed by atoms with Crippen LogP contribution < -0.4 is 5.73 Å². The van der Waals surface area contributed by atoms with E-state index in [4.69, 9.17) is 10.5 Å². The van der Waals surface area contributed by atoms with Gasteiger partial charge in [0.1, 0.15) is 6.73 Å². The maximum absolute atomic E-state index is 5.82. The lowest BCUT2D eigenvalue weighted by Gasteiger charge is -2.15. The molecule has 120 valence electrons. The van der Waals surface area contributed by atoms with Gasteiger partial charge in [0.25, 0.3) is 0 Å². The van der Waals surface area contributed by atoms with Gasteiger partial charge in [-0.25, -0.2) is 4.68 Å². The van der Waals surface area contributed by atoms with Crippen molar-refractivity contribution in [1.82, 2.24) is 9.78 Å². The molecule has 0 unspecified atom stereocenters. The highest BCUT2D eigenvalue weighted by atomic mass is 28.3. The number of benzene rings is 1. The van der Waals surface area contributed by atoms with Crippen LogP contribution in [-0.4, -0.2) is 24.5 Å². The molecule has 0 bridgehead atoms. The van der Waals surface area contributed by atoms with Gasteiger partial charge in [0.15, 0.2) is 0 Å². The van der Waals surface area contributed by atoms with E-state index in [1.165, 1.54) is 11.6 Å². The molecule has 1 aromatic heterocycles. The molecule has 22 heavy (non-hydrogen) atoms. The minimum absolute atomic E-state index is 0.520. The number of nitrogens with zero attached hydrogens (tertiary/aromatic N) is 2. The van der Waals surface area contributed by atoms with Gasteiger partial charge >= 0.3 is 0 Å². The fourth-order valence-corrected chi connectivity index (χ4v) is 3.18. The van der Waals surface area contributed by atoms with E-state index in [1.807, 2.05) is 35.9 Å². The van der Waals surface area contributed by atoms with E-state index in [2.05, 4.69) is 31.7 Å². The van der Waals surface area contributed by atoms with Crippen LogP contribution in [0.3, 0.4) is 0 Å². The number of nitrogen functional groups attached to an aromatic ring is 1. The minimum Gasteiger partial charge on any atom is -0.399 e. The number of anilines is 1. The SMILES string of the molecule is Cc1nn(COCC[Si](C)(C)C)c(C)c1-c1ccc(N)cc1. The van der Waals surface area contributed by atoms with Gasteiger partial charge in [-0.15, -0.1) is 0 Å². The predicted octanol–water partition coefficient (Wildman–Crippen LogP) is 4.06. The summed E-state index contributed by atoms with van der Waals surface area (Å²) in [6, 6.07) is 9.12. The molecule has 0 saturated carbocycles. The average Bonchev–Trinajstić information content (AvgIpc) is 2.70. The van der Waals surface area contributed by atoms with Crippen molar-refractivity contribution in [3.05, 3.63) is 35.7 Å². The lowest BCUT2D eigenvalue weighted by Crippen LogP contribution is -2.22. The van der Waals surface area contributed by atoms with Crippen molar-refractivity contribution in [1.29, 1.82) is 0 Å². The number of rotatable bonds is 6. The van der Waals surface area contributed by atoms with E-state index in [0.29, 0.717) is 6.73 Å². The van der Waals surface area contributed by atoms with Crippen molar-refractivity contribution in [2.24, 2.45) is 0 Å². The predicted molar refractivity (Wildman–Crippen MR) is 95.7 cm³/mol. The van der Waals surface area contributed by atoms with Gasteiger partial charge in [-0.05, 0) is 37.6 Å². The first-order valence-corrected chi connectivity index (χ1v) is 11.5. The molecular formula is C17H27N3OSi. The summed E-state index contributed by atoms with van der Waals surface area (Å²) in [6.45, 7) is 12.5. The van der Waals surface area contributed by atoms with Gasteiger partial charge < -0.3 is 10.5 Å². The van der Waals surface area contributed by atoms with E-state index in [0.717, 1.165) is 29.2 Å². The number of hydrogen-bond acceptors (Lipinski definition) is 3. The number of nitrogens with two attached hydrogens (primary N) is 1. The monoisotopic (exact) mass is 317 g/mol. The lowest BCUT2D eigenvalue weighted by atomic mass is 10.0. The van der Waals surface area contributed by atoms with Crippen LogP contribution >= 0.6 is 0 Å². The Morgan fingerprint density at radius 1 is 1.14 bits per heavy atom. The topological polar surface area (TPSA) is 53.1 Å². The molecule has 0 amide bonds. The van der Waals surface area contributed by atoms with E-state index in [-0.39, 0.29) is 0 Å². The Bertz CT molecular complexity index is 627. The molecule has 1 aromatic carbocycles. The molecular weight excluding hydrogens is 290 g/mol. The average molecular weight is 318 g/mol. The standard InChI is InChI=1S/C17H27N3OSi/c1-13-17(15-6-8-16(18)9-7-15)14(2)20(19-13)12-21-10-11-22(3,4)5/h6-9H,10-12,18H2,1-5H3. The molecule has 0 aliphatic heterocycles. The minimum atomic E-state index is -1.04. The quantitative estimate of drug-likeness (QED) is 0.496. The van der Waals surface area contributed by atoms with Crippen LogP contribution in [0.2, 0.25) is 25.7 Å². The van der Waals surface area contributed by atoms with E-state index in [9.17, 15) is 0 Å². The fraction of sp³-hybridized carbons (Fsp3) is 0.471. The normalized spacial score (nSPS) is 11.9. The van der Waals surface area contributed by atoms with Crippen LogP contribution in [0.4, 0.5) is 5.69 Å². The summed E-state index contributed by atoms with van der Waals surface area (Å²) >= 11 is 0. The smallest absolute Gasteiger partial charge is 0.139 e. The second kappa shape index (κ2) is 6.67. The maximum Gasteiger partial charge on any atom is 0.139 e. The Hall–Kier alpha value is -1.59. The van der Waals surface area contributed by atoms with Gasteiger partial charge in [0.2, 0.25) is 0 Å². The van der Waals surface area contributed by atoms with Crippen molar-refractivity contribution in [3.8, 4) is 11.1 Å². The third-order valence-corrected chi connectivity index (χ3v) is 5.49. The molecule has 0 fully saturated rings. The maximum atomic E-state index is 5.82. The Labute approximate surface area is 134 Å². The van der Waals surface area contributed by atoms with Crippen molar-refractivity contribution >= 4 is 13.8 Å². The van der Waals surface area contributed by atoms with E-state index < -0.39 is 8.07 Å². The summed E-state index contributed by atoms with van der Waals surface area (Å²) < 4.78 is 7.76. The summed E-state index contributed by atoms with van der Waals surface area (Å²) in [5.74, 6) is 0. The third-order valence-electron chi connectivity index (χ3n) is 3.79. The highest BCUT2D eigenvalue weighted by Gasteiger charge is 2.15. The number of hydrogen-bond donors (Lipinski definition) is 1. The summed E-state index contributed by atoms with van der Waals surface area (Å²) in [5, 5.41) is 4.61. The number of aryl methyl sites for hydroxylation is 1. The first-order chi connectivity index (χ1) is 10.3. The van der Waals surface area contributed by atoms with Crippen molar-refractivity contribution in [2.45, 2.75) is 46.3 Å². The van der Waals surface area contributed by atoms with Gasteiger partial charge in [0.05, 0.1) is 5.69 Å². The molecule has 0 radical (unpaired) electrons. The van der Waals surface area contributed by atoms with Crippen LogP contribution in [0.15, 0.2) is 24.3 Å². The Balaban J connectivity index is 2.09. The zero-order valence-electron chi connectivity index (χ0n) is 14.3. The van der Waals surface area contributed by atoms with Crippen molar-refractivity contribution in [3.63, 3.8) is 0 Å². The van der Waals surface area contributed by atoms with Gasteiger partial charge in [-0.3, -0.25) is 0 Å². The van der Waals surface area contributed by atoms with Crippen molar-refractivity contribution < 1.29 is 4.74 Å². The Morgan fingerprint density at radius 2 is 1.77 bits per heavy atom. The largest absolute Gasteiger partial charge is 0.399 e. The fourth-order valence-electron chi connectivity index (χ4n) is 2.42. The third kappa shape index (κ3) is 4.21. The molecule has 0 saturated heterocycles. The summed E-state index contributed by atoms with van der Waals surface area (Å²) in [6.07, 6.45) is 0.